The summed E-state index contributed by atoms with van der Waals surface area (Å²) in [5.74, 6) is -3.09. The van der Waals surface area contributed by atoms with E-state index in [1.54, 1.807) is 13.8 Å². The second kappa shape index (κ2) is 6.76. The van der Waals surface area contributed by atoms with Gasteiger partial charge < -0.3 is 15.3 Å². The van der Waals surface area contributed by atoms with Crippen LogP contribution in [-0.2, 0) is 14.4 Å². The predicted octanol–water partition coefficient (Wildman–Crippen LogP) is 1.40. The molecule has 1 aliphatic heterocycles. The zero-order valence-corrected chi connectivity index (χ0v) is 13.0. The molecule has 2 unspecified atom stereocenters. The zero-order chi connectivity index (χ0) is 17.1. The number of amides is 2. The lowest BCUT2D eigenvalue weighted by molar-refractivity contribution is -0.143. The van der Waals surface area contributed by atoms with Crippen LogP contribution in [0.4, 0.5) is 10.1 Å². The van der Waals surface area contributed by atoms with Crippen LogP contribution in [0.15, 0.2) is 24.3 Å². The van der Waals surface area contributed by atoms with E-state index < -0.39 is 29.7 Å². The molecule has 0 aromatic heterocycles. The molecule has 2 rings (SSSR count). The van der Waals surface area contributed by atoms with Crippen LogP contribution >= 0.6 is 0 Å². The van der Waals surface area contributed by atoms with Crippen LogP contribution in [0.2, 0.25) is 0 Å². The summed E-state index contributed by atoms with van der Waals surface area (Å²) in [6, 6.07) is 4.45. The summed E-state index contributed by atoms with van der Waals surface area (Å²) >= 11 is 0. The van der Waals surface area contributed by atoms with Crippen molar-refractivity contribution in [3.63, 3.8) is 0 Å². The molecule has 124 valence electrons. The van der Waals surface area contributed by atoms with Gasteiger partial charge in [-0.1, -0.05) is 13.8 Å². The summed E-state index contributed by atoms with van der Waals surface area (Å²) in [6.07, 6.45) is 0.00758. The molecule has 0 saturated carbocycles. The van der Waals surface area contributed by atoms with Gasteiger partial charge in [0.15, 0.2) is 0 Å². The predicted molar refractivity (Wildman–Crippen MR) is 81.3 cm³/mol. The number of nitrogens with one attached hydrogen (secondary N) is 1. The van der Waals surface area contributed by atoms with Crippen molar-refractivity contribution >= 4 is 23.5 Å². The van der Waals surface area contributed by atoms with Crippen LogP contribution < -0.4 is 10.2 Å². The number of halogens is 1. The highest BCUT2D eigenvalue weighted by Gasteiger charge is 2.37. The number of benzene rings is 1. The van der Waals surface area contributed by atoms with Gasteiger partial charge in [-0.25, -0.2) is 9.18 Å². The van der Waals surface area contributed by atoms with E-state index in [0.717, 1.165) is 0 Å². The Morgan fingerprint density at radius 1 is 1.30 bits per heavy atom. The number of carbonyl (C=O) groups is 3. The molecule has 0 radical (unpaired) electrons. The van der Waals surface area contributed by atoms with Crippen LogP contribution in [0.25, 0.3) is 0 Å². The molecule has 1 aromatic rings. The van der Waals surface area contributed by atoms with Crippen LogP contribution in [-0.4, -0.2) is 35.5 Å². The van der Waals surface area contributed by atoms with Gasteiger partial charge in [0.05, 0.1) is 5.92 Å². The largest absolute Gasteiger partial charge is 0.480 e. The number of hydrogen-bond donors (Lipinski definition) is 2. The molecule has 1 aromatic carbocycles. The second-order valence-electron chi connectivity index (χ2n) is 5.95. The van der Waals surface area contributed by atoms with Crippen molar-refractivity contribution < 1.29 is 23.9 Å². The summed E-state index contributed by atoms with van der Waals surface area (Å²) in [7, 11) is 0. The van der Waals surface area contributed by atoms with Gasteiger partial charge in [-0.2, -0.15) is 0 Å². The van der Waals surface area contributed by atoms with Gasteiger partial charge in [0.2, 0.25) is 11.8 Å². The molecule has 0 bridgehead atoms. The van der Waals surface area contributed by atoms with E-state index in [2.05, 4.69) is 5.32 Å². The molecule has 1 aliphatic rings. The van der Waals surface area contributed by atoms with Gasteiger partial charge in [-0.15, -0.1) is 0 Å². The maximum atomic E-state index is 12.9. The lowest BCUT2D eigenvalue weighted by Crippen LogP contribution is -2.47. The highest BCUT2D eigenvalue weighted by molar-refractivity contribution is 6.00. The number of aliphatic carboxylic acids is 1. The molecule has 2 N–H and O–H groups in total. The number of carbonyl (C=O) groups excluding carboxylic acids is 2. The van der Waals surface area contributed by atoms with E-state index in [1.807, 2.05) is 0 Å². The first-order valence-electron chi connectivity index (χ1n) is 7.38. The monoisotopic (exact) mass is 322 g/mol. The lowest BCUT2D eigenvalue weighted by Gasteiger charge is -2.20. The van der Waals surface area contributed by atoms with Gasteiger partial charge in [0, 0.05) is 18.7 Å². The van der Waals surface area contributed by atoms with E-state index >= 15 is 0 Å². The Hall–Kier alpha value is -2.44. The standard InChI is InChI=1S/C16H19FN2O4/c1-9(2)14(16(22)23)18-15(21)10-7-13(20)19(8-10)12-5-3-11(17)4-6-12/h3-6,9-10,14H,7-8H2,1-2H3,(H,18,21)(H,22,23). The van der Waals surface area contributed by atoms with Crippen molar-refractivity contribution in [3.05, 3.63) is 30.1 Å². The van der Waals surface area contributed by atoms with Crippen LogP contribution in [0, 0.1) is 17.7 Å². The topological polar surface area (TPSA) is 86.7 Å². The number of anilines is 1. The van der Waals surface area contributed by atoms with Crippen molar-refractivity contribution in [2.75, 3.05) is 11.4 Å². The fourth-order valence-electron chi connectivity index (χ4n) is 2.54. The first-order valence-corrected chi connectivity index (χ1v) is 7.38. The Kier molecular flexibility index (Phi) is 4.98. The average Bonchev–Trinajstić information content (AvgIpc) is 2.86. The molecular formula is C16H19FN2O4. The van der Waals surface area contributed by atoms with Gasteiger partial charge >= 0.3 is 5.97 Å². The molecule has 2 amide bonds. The van der Waals surface area contributed by atoms with Crippen LogP contribution in [0.1, 0.15) is 20.3 Å². The highest BCUT2D eigenvalue weighted by atomic mass is 19.1. The Morgan fingerprint density at radius 3 is 2.43 bits per heavy atom. The van der Waals surface area contributed by atoms with Crippen molar-refractivity contribution in [1.82, 2.24) is 5.32 Å². The molecule has 1 heterocycles. The molecule has 6 nitrogen and oxygen atoms in total. The van der Waals surface area contributed by atoms with E-state index in [-0.39, 0.29) is 24.8 Å². The second-order valence-corrected chi connectivity index (χ2v) is 5.95. The van der Waals surface area contributed by atoms with Crippen molar-refractivity contribution in [1.29, 1.82) is 0 Å². The van der Waals surface area contributed by atoms with E-state index in [0.29, 0.717) is 5.69 Å². The zero-order valence-electron chi connectivity index (χ0n) is 13.0. The quantitative estimate of drug-likeness (QED) is 0.858. The third kappa shape index (κ3) is 3.85. The third-order valence-electron chi connectivity index (χ3n) is 3.86. The maximum absolute atomic E-state index is 12.9. The highest BCUT2D eigenvalue weighted by Crippen LogP contribution is 2.25. The summed E-state index contributed by atoms with van der Waals surface area (Å²) < 4.78 is 12.9. The molecular weight excluding hydrogens is 303 g/mol. The summed E-state index contributed by atoms with van der Waals surface area (Å²) in [5, 5.41) is 11.6. The minimum atomic E-state index is -1.10. The van der Waals surface area contributed by atoms with E-state index in [1.165, 1.54) is 29.2 Å². The lowest BCUT2D eigenvalue weighted by atomic mass is 10.0. The molecule has 1 saturated heterocycles. The number of rotatable bonds is 5. The first kappa shape index (κ1) is 16.9. The minimum Gasteiger partial charge on any atom is -0.480 e. The van der Waals surface area contributed by atoms with Gasteiger partial charge in [-0.3, -0.25) is 9.59 Å². The Morgan fingerprint density at radius 2 is 1.91 bits per heavy atom. The average molecular weight is 322 g/mol. The fraction of sp³-hybridized carbons (Fsp3) is 0.438. The van der Waals surface area contributed by atoms with Crippen molar-refractivity contribution in [2.24, 2.45) is 11.8 Å². The Balaban J connectivity index is 2.05. The Labute approximate surface area is 133 Å². The van der Waals surface area contributed by atoms with Gasteiger partial charge in [-0.05, 0) is 30.2 Å². The molecule has 23 heavy (non-hydrogen) atoms. The molecule has 0 spiro atoms. The SMILES string of the molecule is CC(C)C(NC(=O)C1CC(=O)N(c2ccc(F)cc2)C1)C(=O)O. The minimum absolute atomic E-state index is 0.00758. The first-order chi connectivity index (χ1) is 10.8. The summed E-state index contributed by atoms with van der Waals surface area (Å²) in [4.78, 5) is 36.8. The fourth-order valence-corrected chi connectivity index (χ4v) is 2.54. The number of carboxylic acids is 1. The number of nitrogens with zero attached hydrogens (tertiary/aromatic N) is 1. The van der Waals surface area contributed by atoms with Crippen LogP contribution in [0.5, 0.6) is 0 Å². The number of carboxylic acid groups (broad SMARTS) is 1. The molecule has 1 fully saturated rings. The van der Waals surface area contributed by atoms with Crippen molar-refractivity contribution in [2.45, 2.75) is 26.3 Å². The summed E-state index contributed by atoms with van der Waals surface area (Å²) in [6.45, 7) is 3.55. The smallest absolute Gasteiger partial charge is 0.326 e. The van der Waals surface area contributed by atoms with E-state index in [9.17, 15) is 18.8 Å². The molecule has 7 heteroatoms. The number of hydrogen-bond acceptors (Lipinski definition) is 3. The van der Waals surface area contributed by atoms with Crippen molar-refractivity contribution in [3.8, 4) is 0 Å². The maximum Gasteiger partial charge on any atom is 0.326 e. The molecule has 0 aliphatic carbocycles. The van der Waals surface area contributed by atoms with Gasteiger partial charge in [0.1, 0.15) is 11.9 Å². The van der Waals surface area contributed by atoms with Gasteiger partial charge in [0.25, 0.3) is 0 Å². The van der Waals surface area contributed by atoms with Crippen LogP contribution in [0.3, 0.4) is 0 Å². The molecule has 2 atom stereocenters. The normalized spacial score (nSPS) is 19.0. The Bertz CT molecular complexity index is 615. The summed E-state index contributed by atoms with van der Waals surface area (Å²) in [5.41, 5.74) is 0.519. The third-order valence-corrected chi connectivity index (χ3v) is 3.86. The van der Waals surface area contributed by atoms with E-state index in [4.69, 9.17) is 5.11 Å².